The molecule has 0 aliphatic heterocycles. The summed E-state index contributed by atoms with van der Waals surface area (Å²) in [5.41, 5.74) is 3.90. The summed E-state index contributed by atoms with van der Waals surface area (Å²) < 4.78 is 2.20. The van der Waals surface area contributed by atoms with Gasteiger partial charge in [0.2, 0.25) is 0 Å². The number of aromatic nitrogens is 1. The third kappa shape index (κ3) is 3.09. The van der Waals surface area contributed by atoms with Gasteiger partial charge in [-0.15, -0.1) is 0 Å². The molecule has 0 fully saturated rings. The molecule has 3 nitrogen and oxygen atoms in total. The number of rotatable bonds is 5. The van der Waals surface area contributed by atoms with Gasteiger partial charge in [-0.1, -0.05) is 13.8 Å². The van der Waals surface area contributed by atoms with Gasteiger partial charge in [-0.2, -0.15) is 0 Å². The van der Waals surface area contributed by atoms with Crippen molar-refractivity contribution < 1.29 is 5.11 Å². The molecule has 0 bridgehead atoms. The Morgan fingerprint density at radius 3 is 2.44 bits per heavy atom. The highest BCUT2D eigenvalue weighted by Gasteiger charge is 2.15. The van der Waals surface area contributed by atoms with E-state index in [-0.39, 0.29) is 12.0 Å². The van der Waals surface area contributed by atoms with E-state index in [1.165, 1.54) is 17.0 Å². The van der Waals surface area contributed by atoms with Crippen LogP contribution in [0.2, 0.25) is 0 Å². The lowest BCUT2D eigenvalue weighted by molar-refractivity contribution is 0.156. The first-order valence-corrected chi connectivity index (χ1v) is 5.81. The second-order valence-electron chi connectivity index (χ2n) is 5.38. The minimum Gasteiger partial charge on any atom is -0.396 e. The average molecular weight is 224 g/mol. The van der Waals surface area contributed by atoms with Gasteiger partial charge >= 0.3 is 0 Å². The highest BCUT2D eigenvalue weighted by Crippen LogP contribution is 2.15. The van der Waals surface area contributed by atoms with Gasteiger partial charge in [0.05, 0.1) is 0 Å². The Bertz CT molecular complexity index is 353. The summed E-state index contributed by atoms with van der Waals surface area (Å²) in [6.07, 6.45) is 0. The fourth-order valence-corrected chi connectivity index (χ4v) is 1.70. The lowest BCUT2D eigenvalue weighted by Crippen LogP contribution is -2.31. The van der Waals surface area contributed by atoms with Crippen LogP contribution in [0.1, 0.15) is 30.8 Å². The lowest BCUT2D eigenvalue weighted by Gasteiger charge is -2.21. The summed E-state index contributed by atoms with van der Waals surface area (Å²) in [5, 5.41) is 12.6. The van der Waals surface area contributed by atoms with Gasteiger partial charge in [0, 0.05) is 43.5 Å². The highest BCUT2D eigenvalue weighted by atomic mass is 16.3. The number of aryl methyl sites for hydroxylation is 1. The van der Waals surface area contributed by atoms with Crippen LogP contribution in [0.25, 0.3) is 0 Å². The topological polar surface area (TPSA) is 37.2 Å². The van der Waals surface area contributed by atoms with E-state index in [4.69, 9.17) is 5.11 Å². The number of hydrogen-bond acceptors (Lipinski definition) is 2. The molecule has 1 heterocycles. The highest BCUT2D eigenvalue weighted by molar-refractivity contribution is 5.26. The maximum atomic E-state index is 9.15. The van der Waals surface area contributed by atoms with E-state index in [0.29, 0.717) is 0 Å². The maximum Gasteiger partial charge on any atom is 0.0494 e. The minimum atomic E-state index is -0.0439. The largest absolute Gasteiger partial charge is 0.396 e. The van der Waals surface area contributed by atoms with Crippen molar-refractivity contribution in [2.75, 3.05) is 13.2 Å². The van der Waals surface area contributed by atoms with Crippen molar-refractivity contribution in [1.82, 2.24) is 9.88 Å². The third-order valence-electron chi connectivity index (χ3n) is 3.23. The summed E-state index contributed by atoms with van der Waals surface area (Å²) in [7, 11) is 2.09. The van der Waals surface area contributed by atoms with Crippen LogP contribution in [0.15, 0.2) is 6.07 Å². The van der Waals surface area contributed by atoms with Gasteiger partial charge in [-0.3, -0.25) is 0 Å². The number of nitrogens with zero attached hydrogens (tertiary/aromatic N) is 1. The molecule has 0 saturated carbocycles. The Morgan fingerprint density at radius 2 is 2.00 bits per heavy atom. The van der Waals surface area contributed by atoms with Gasteiger partial charge in [0.15, 0.2) is 0 Å². The summed E-state index contributed by atoms with van der Waals surface area (Å²) >= 11 is 0. The number of aliphatic hydroxyl groups excluding tert-OH is 1. The lowest BCUT2D eigenvalue weighted by atomic mass is 9.95. The van der Waals surface area contributed by atoms with Crippen LogP contribution in [0.4, 0.5) is 0 Å². The smallest absolute Gasteiger partial charge is 0.0494 e. The van der Waals surface area contributed by atoms with Crippen LogP contribution in [-0.2, 0) is 13.6 Å². The molecule has 92 valence electrons. The van der Waals surface area contributed by atoms with E-state index in [0.717, 1.165) is 13.1 Å². The van der Waals surface area contributed by atoms with Crippen LogP contribution in [0, 0.1) is 19.3 Å². The molecule has 1 rings (SSSR count). The van der Waals surface area contributed by atoms with E-state index >= 15 is 0 Å². The van der Waals surface area contributed by atoms with Crippen LogP contribution in [-0.4, -0.2) is 22.8 Å². The van der Waals surface area contributed by atoms with E-state index in [9.17, 15) is 0 Å². The molecule has 3 heteroatoms. The Labute approximate surface area is 98.5 Å². The number of aliphatic hydroxyl groups is 1. The Kier molecular flexibility index (Phi) is 4.16. The molecule has 0 aromatic carbocycles. The second-order valence-corrected chi connectivity index (χ2v) is 5.38. The molecule has 0 atom stereocenters. The Morgan fingerprint density at radius 1 is 1.38 bits per heavy atom. The van der Waals surface area contributed by atoms with Crippen molar-refractivity contribution >= 4 is 0 Å². The summed E-state index contributed by atoms with van der Waals surface area (Å²) in [5.74, 6) is 0. The van der Waals surface area contributed by atoms with E-state index < -0.39 is 0 Å². The number of nitrogens with one attached hydrogen (secondary N) is 1. The first kappa shape index (κ1) is 13.3. The molecule has 2 N–H and O–H groups in total. The maximum absolute atomic E-state index is 9.15. The summed E-state index contributed by atoms with van der Waals surface area (Å²) in [6.45, 7) is 10.3. The zero-order valence-corrected chi connectivity index (χ0v) is 11.1. The summed E-state index contributed by atoms with van der Waals surface area (Å²) in [4.78, 5) is 0. The second kappa shape index (κ2) is 5.02. The first-order valence-electron chi connectivity index (χ1n) is 5.81. The molecular formula is C13H24N2O. The molecule has 0 spiro atoms. The standard InChI is InChI=1S/C13H24N2O/c1-10-6-12(11(2)15(10)5)7-14-8-13(3,4)9-16/h6,14,16H,7-9H2,1-5H3. The van der Waals surface area contributed by atoms with Crippen LogP contribution in [0.5, 0.6) is 0 Å². The quantitative estimate of drug-likeness (QED) is 0.799. The fourth-order valence-electron chi connectivity index (χ4n) is 1.70. The molecule has 0 aliphatic rings. The first-order chi connectivity index (χ1) is 7.37. The normalized spacial score (nSPS) is 12.1. The minimum absolute atomic E-state index is 0.0439. The van der Waals surface area contributed by atoms with Crippen molar-refractivity contribution in [2.24, 2.45) is 12.5 Å². The van der Waals surface area contributed by atoms with Crippen molar-refractivity contribution in [3.8, 4) is 0 Å². The van der Waals surface area contributed by atoms with E-state index in [1.807, 2.05) is 0 Å². The zero-order chi connectivity index (χ0) is 12.3. The summed E-state index contributed by atoms with van der Waals surface area (Å²) in [6, 6.07) is 2.22. The SMILES string of the molecule is Cc1cc(CNCC(C)(C)CO)c(C)n1C. The fraction of sp³-hybridized carbons (Fsp3) is 0.692. The predicted octanol–water partition coefficient (Wildman–Crippen LogP) is 1.75. The van der Waals surface area contributed by atoms with Gasteiger partial charge in [-0.05, 0) is 25.5 Å². The van der Waals surface area contributed by atoms with E-state index in [2.05, 4.69) is 50.7 Å². The molecule has 0 radical (unpaired) electrons. The van der Waals surface area contributed by atoms with Gasteiger partial charge in [-0.25, -0.2) is 0 Å². The molecular weight excluding hydrogens is 200 g/mol. The van der Waals surface area contributed by atoms with E-state index in [1.54, 1.807) is 0 Å². The predicted molar refractivity (Wildman–Crippen MR) is 67.5 cm³/mol. The number of hydrogen-bond donors (Lipinski definition) is 2. The van der Waals surface area contributed by atoms with Crippen molar-refractivity contribution in [3.05, 3.63) is 23.0 Å². The average Bonchev–Trinajstić information content (AvgIpc) is 2.46. The Balaban J connectivity index is 2.53. The molecule has 0 unspecified atom stereocenters. The van der Waals surface area contributed by atoms with Crippen LogP contribution >= 0.6 is 0 Å². The zero-order valence-electron chi connectivity index (χ0n) is 11.1. The molecule has 0 aliphatic carbocycles. The van der Waals surface area contributed by atoms with Crippen LogP contribution in [0.3, 0.4) is 0 Å². The molecule has 0 amide bonds. The van der Waals surface area contributed by atoms with Crippen molar-refractivity contribution in [1.29, 1.82) is 0 Å². The Hall–Kier alpha value is -0.800. The van der Waals surface area contributed by atoms with Gasteiger partial charge in [0.25, 0.3) is 0 Å². The van der Waals surface area contributed by atoms with Gasteiger partial charge in [0.1, 0.15) is 0 Å². The third-order valence-corrected chi connectivity index (χ3v) is 3.23. The molecule has 16 heavy (non-hydrogen) atoms. The van der Waals surface area contributed by atoms with Crippen molar-refractivity contribution in [3.63, 3.8) is 0 Å². The van der Waals surface area contributed by atoms with Crippen LogP contribution < -0.4 is 5.32 Å². The van der Waals surface area contributed by atoms with Crippen molar-refractivity contribution in [2.45, 2.75) is 34.2 Å². The molecule has 0 saturated heterocycles. The monoisotopic (exact) mass is 224 g/mol. The molecule has 1 aromatic heterocycles. The molecule has 1 aromatic rings. The van der Waals surface area contributed by atoms with Gasteiger partial charge < -0.3 is 15.0 Å².